The predicted molar refractivity (Wildman–Crippen MR) is 227 cm³/mol. The Balaban J connectivity index is 0.000000552. The van der Waals surface area contributed by atoms with Crippen LogP contribution in [0.25, 0.3) is 90.9 Å². The molecule has 2 N–H and O–H groups in total. The molecule has 0 amide bonds. The van der Waals surface area contributed by atoms with Crippen molar-refractivity contribution in [3.8, 4) is 44.5 Å². The van der Waals surface area contributed by atoms with Gasteiger partial charge in [0.15, 0.2) is 0 Å². The number of hydrogen-bond donors (Lipinski definition) is 2. The third kappa shape index (κ3) is 8.19. The van der Waals surface area contributed by atoms with Crippen molar-refractivity contribution in [1.29, 1.82) is 0 Å². The zero-order valence-corrected chi connectivity index (χ0v) is 32.9. The van der Waals surface area contributed by atoms with Crippen molar-refractivity contribution in [2.45, 2.75) is 20.3 Å². The van der Waals surface area contributed by atoms with Gasteiger partial charge in [0.2, 0.25) is 0 Å². The van der Waals surface area contributed by atoms with Crippen LogP contribution in [0.15, 0.2) is 146 Å². The van der Waals surface area contributed by atoms with Crippen LogP contribution >= 0.6 is 0 Å². The number of aromatic nitrogens is 4. The van der Waals surface area contributed by atoms with Gasteiger partial charge in [-0.25, -0.2) is 9.97 Å². The summed E-state index contributed by atoms with van der Waals surface area (Å²) in [6.07, 6.45) is 8.63. The quantitative estimate of drug-likeness (QED) is 0.163. The standard InChI is InChI=1S/C44H30N4.C5H8O2.Dy/c1-5-13-29(14-6-1)41-33-21-23-35(45-33)42(30-15-7-2-8-16-30)37-25-27-39(47-37)44(32-19-11-4-12-20-32)40-28-26-38(48-40)43(31-17-9-3-10-18-31)36-24-22-34(41)46-36;1-4(6)3-5(2)7;/h1-28,45,48H;3H2,1-2H3;/q;;+3. The van der Waals surface area contributed by atoms with Crippen molar-refractivity contribution < 1.29 is 47.8 Å². The van der Waals surface area contributed by atoms with Gasteiger partial charge in [-0.3, -0.25) is 9.59 Å². The minimum Gasteiger partial charge on any atom is -0.354 e. The summed E-state index contributed by atoms with van der Waals surface area (Å²) in [6.45, 7) is 2.81. The number of nitrogens with one attached hydrogen (secondary N) is 2. The second kappa shape index (κ2) is 17.3. The second-order valence-corrected chi connectivity index (χ2v) is 13.5. The number of H-pyrrole nitrogens is 2. The summed E-state index contributed by atoms with van der Waals surface area (Å²) in [7, 11) is 0. The minimum atomic E-state index is -0.0625. The number of hydrogen-bond acceptors (Lipinski definition) is 4. The van der Waals surface area contributed by atoms with Crippen LogP contribution in [-0.2, 0) is 9.59 Å². The third-order valence-electron chi connectivity index (χ3n) is 9.50. The maximum Gasteiger partial charge on any atom is 3.00 e. The first kappa shape index (κ1) is 38.4. The molecule has 2 aliphatic rings. The van der Waals surface area contributed by atoms with E-state index in [1.807, 2.05) is 24.3 Å². The average molecular weight is 877 g/mol. The number of fused-ring (bicyclic) bond motifs is 8. The summed E-state index contributed by atoms with van der Waals surface area (Å²) in [5, 5.41) is 0. The van der Waals surface area contributed by atoms with Crippen LogP contribution in [0.3, 0.4) is 0 Å². The Morgan fingerprint density at radius 2 is 0.625 bits per heavy atom. The predicted octanol–water partition coefficient (Wildman–Crippen LogP) is 11.9. The fourth-order valence-electron chi connectivity index (χ4n) is 7.19. The molecule has 7 heteroatoms. The Morgan fingerprint density at radius 1 is 0.393 bits per heavy atom. The van der Waals surface area contributed by atoms with Gasteiger partial charge in [-0.1, -0.05) is 121 Å². The van der Waals surface area contributed by atoms with Gasteiger partial charge < -0.3 is 9.97 Å². The maximum atomic E-state index is 10.0. The largest absolute Gasteiger partial charge is 3.00 e. The fourth-order valence-corrected chi connectivity index (χ4v) is 7.19. The Labute approximate surface area is 356 Å². The van der Waals surface area contributed by atoms with Gasteiger partial charge in [0.1, 0.15) is 11.6 Å². The van der Waals surface area contributed by atoms with Crippen LogP contribution < -0.4 is 0 Å². The van der Waals surface area contributed by atoms with Crippen molar-refractivity contribution in [1.82, 2.24) is 19.9 Å². The summed E-state index contributed by atoms with van der Waals surface area (Å²) in [5.74, 6) is -0.125. The molecule has 2 aliphatic heterocycles. The van der Waals surface area contributed by atoms with Crippen molar-refractivity contribution in [3.63, 3.8) is 0 Å². The zero-order valence-electron chi connectivity index (χ0n) is 30.9. The number of benzene rings is 4. The van der Waals surface area contributed by atoms with E-state index in [0.29, 0.717) is 0 Å². The van der Waals surface area contributed by atoms with Crippen molar-refractivity contribution in [2.75, 3.05) is 0 Å². The van der Waals surface area contributed by atoms with Gasteiger partial charge in [-0.2, -0.15) is 0 Å². The molecule has 0 spiro atoms. The van der Waals surface area contributed by atoms with E-state index in [9.17, 15) is 9.59 Å². The number of carbonyl (C=O) groups is 2. The van der Waals surface area contributed by atoms with E-state index in [1.54, 1.807) is 0 Å². The van der Waals surface area contributed by atoms with E-state index in [2.05, 4.69) is 156 Å². The number of carbonyl (C=O) groups excluding carboxylic acids is 2. The smallest absolute Gasteiger partial charge is 0.354 e. The van der Waals surface area contributed by atoms with Crippen LogP contribution in [0, 0.1) is 38.2 Å². The monoisotopic (exact) mass is 878 g/mol. The summed E-state index contributed by atoms with van der Waals surface area (Å²) in [4.78, 5) is 38.4. The first-order valence-corrected chi connectivity index (χ1v) is 18.3. The molecule has 56 heavy (non-hydrogen) atoms. The summed E-state index contributed by atoms with van der Waals surface area (Å²) in [6, 6.07) is 50.7. The first-order chi connectivity index (χ1) is 26.9. The molecule has 1 radical (unpaired) electrons. The van der Waals surface area contributed by atoms with Crippen molar-refractivity contribution >= 4 is 57.9 Å². The van der Waals surface area contributed by atoms with Gasteiger partial charge in [-0.05, 0) is 84.7 Å². The van der Waals surface area contributed by atoms with Gasteiger partial charge in [0.25, 0.3) is 0 Å². The van der Waals surface area contributed by atoms with Gasteiger partial charge in [-0.15, -0.1) is 0 Å². The SMILES string of the molecule is C1=Cc2nc1c(-c1ccccc1)c1ccc([nH]1)c(-c1ccccc1)c1nc(c(-c3ccccc3)c3ccc([nH]3)c2-c2ccccc2)C=C1.CC(=O)CC(C)=O.[Dy+3]. The normalized spacial score (nSPS) is 11.3. The summed E-state index contributed by atoms with van der Waals surface area (Å²) in [5.41, 5.74) is 16.2. The number of aromatic amines is 2. The molecule has 0 unspecified atom stereocenters. The number of Topliss-reactive ketones (excluding diaryl/α,β-unsaturated/α-hetero) is 2. The van der Waals surface area contributed by atoms with Crippen LogP contribution in [0.1, 0.15) is 43.0 Å². The molecule has 0 fully saturated rings. The fraction of sp³-hybridized carbons (Fsp3) is 0.0612. The first-order valence-electron chi connectivity index (χ1n) is 18.3. The van der Waals surface area contributed by atoms with E-state index in [4.69, 9.17) is 9.97 Å². The van der Waals surface area contributed by atoms with Crippen LogP contribution in [-0.4, -0.2) is 31.5 Å². The molecule has 5 heterocycles. The summed E-state index contributed by atoms with van der Waals surface area (Å²) >= 11 is 0. The molecule has 0 atom stereocenters. The molecule has 3 aromatic heterocycles. The minimum absolute atomic E-state index is 0. The Morgan fingerprint density at radius 3 is 0.821 bits per heavy atom. The molecular formula is C49H38DyN4O2+3. The number of ketones is 2. The number of nitrogens with zero attached hydrogens (tertiary/aromatic N) is 2. The van der Waals surface area contributed by atoms with Crippen molar-refractivity contribution in [2.24, 2.45) is 0 Å². The molecule has 8 bridgehead atoms. The molecule has 273 valence electrons. The Bertz CT molecular complexity index is 2410. The van der Waals surface area contributed by atoms with Gasteiger partial charge >= 0.3 is 38.2 Å². The van der Waals surface area contributed by atoms with Crippen LogP contribution in [0.5, 0.6) is 0 Å². The summed E-state index contributed by atoms with van der Waals surface area (Å²) < 4.78 is 0. The van der Waals surface area contributed by atoms with E-state index in [-0.39, 0.29) is 56.2 Å². The molecule has 9 rings (SSSR count). The second-order valence-electron chi connectivity index (χ2n) is 13.5. The third-order valence-corrected chi connectivity index (χ3v) is 9.50. The topological polar surface area (TPSA) is 91.5 Å². The van der Waals surface area contributed by atoms with Crippen LogP contribution in [0.2, 0.25) is 0 Å². The molecule has 0 aliphatic carbocycles. The Hall–Kier alpha value is -5.91. The van der Waals surface area contributed by atoms with E-state index >= 15 is 0 Å². The average Bonchev–Trinajstić information content (AvgIpc) is 4.04. The van der Waals surface area contributed by atoms with Gasteiger partial charge in [0, 0.05) is 44.3 Å². The molecular weight excluding hydrogens is 839 g/mol. The zero-order chi connectivity index (χ0) is 37.7. The Kier molecular flexibility index (Phi) is 11.8. The molecule has 7 aromatic rings. The van der Waals surface area contributed by atoms with E-state index in [0.717, 1.165) is 89.4 Å². The van der Waals surface area contributed by atoms with Gasteiger partial charge in [0.05, 0.1) is 29.2 Å². The molecule has 4 aromatic carbocycles. The van der Waals surface area contributed by atoms with Crippen molar-refractivity contribution in [3.05, 3.63) is 168 Å². The number of rotatable bonds is 6. The molecule has 0 saturated heterocycles. The maximum absolute atomic E-state index is 10.0. The molecule has 0 saturated carbocycles. The van der Waals surface area contributed by atoms with E-state index < -0.39 is 0 Å². The van der Waals surface area contributed by atoms with E-state index in [1.165, 1.54) is 13.8 Å². The molecule has 6 nitrogen and oxygen atoms in total. The van der Waals surface area contributed by atoms with Crippen LogP contribution in [0.4, 0.5) is 0 Å².